The third-order valence-corrected chi connectivity index (χ3v) is 6.81. The van der Waals surface area contributed by atoms with E-state index in [2.05, 4.69) is 67.2 Å². The van der Waals surface area contributed by atoms with Crippen molar-refractivity contribution in [3.05, 3.63) is 24.2 Å². The van der Waals surface area contributed by atoms with Crippen LogP contribution in [0.15, 0.2) is 22.8 Å². The molecule has 0 N–H and O–H groups in total. The van der Waals surface area contributed by atoms with Crippen molar-refractivity contribution in [1.29, 1.82) is 0 Å². The van der Waals surface area contributed by atoms with Gasteiger partial charge in [0.05, 0.1) is 12.8 Å². The molecule has 1 aliphatic carbocycles. The Bertz CT molecular complexity index is 596. The summed E-state index contributed by atoms with van der Waals surface area (Å²) in [5.41, 5.74) is 0.669. The van der Waals surface area contributed by atoms with Crippen LogP contribution in [0.3, 0.4) is 0 Å². The highest BCUT2D eigenvalue weighted by Gasteiger charge is 2.29. The molecule has 0 amide bonds. The fourth-order valence-corrected chi connectivity index (χ4v) is 4.47. The summed E-state index contributed by atoms with van der Waals surface area (Å²) >= 11 is 0. The minimum atomic E-state index is 0.302. The van der Waals surface area contributed by atoms with Gasteiger partial charge in [0.15, 0.2) is 0 Å². The predicted octanol–water partition coefficient (Wildman–Crippen LogP) is 4.01. The molecule has 2 saturated heterocycles. The van der Waals surface area contributed by atoms with Crippen LogP contribution in [-0.4, -0.2) is 89.6 Å². The number of furan rings is 1. The number of piperazine rings is 2. The molecular weight excluding hydrogens is 372 g/mol. The summed E-state index contributed by atoms with van der Waals surface area (Å²) in [6.45, 7) is 25.8. The van der Waals surface area contributed by atoms with E-state index >= 15 is 0 Å². The fourth-order valence-electron chi connectivity index (χ4n) is 4.47. The molecule has 3 heterocycles. The van der Waals surface area contributed by atoms with Gasteiger partial charge in [-0.25, -0.2) is 0 Å². The number of rotatable bonds is 4. The predicted molar refractivity (Wildman–Crippen MR) is 126 cm³/mol. The van der Waals surface area contributed by atoms with Crippen molar-refractivity contribution in [3.8, 4) is 0 Å². The van der Waals surface area contributed by atoms with Gasteiger partial charge in [0.2, 0.25) is 0 Å². The Morgan fingerprint density at radius 1 is 0.767 bits per heavy atom. The Morgan fingerprint density at radius 2 is 1.27 bits per heavy atom. The summed E-state index contributed by atoms with van der Waals surface area (Å²) < 4.78 is 5.38. The van der Waals surface area contributed by atoms with Crippen LogP contribution in [0.4, 0.5) is 0 Å². The first kappa shape index (κ1) is 23.8. The average Bonchev–Trinajstić information content (AvgIpc) is 3.34. The van der Waals surface area contributed by atoms with Gasteiger partial charge in [-0.1, -0.05) is 0 Å². The van der Waals surface area contributed by atoms with Gasteiger partial charge in [-0.05, 0) is 72.4 Å². The lowest BCUT2D eigenvalue weighted by Crippen LogP contribution is -2.53. The molecular formula is C25H46N4O. The molecule has 0 aromatic carbocycles. The molecule has 1 aromatic heterocycles. The standard InChI is InChI=1S/C13H22N2O.C12H24N2/c1-13(2,3)15-8-6-14(7-9-15)11-12-5-4-10-16-12;1-12(2,3)14-8-6-13(7-9-14)10-11-4-5-11/h4-5,10H,6-9,11H2,1-3H3;11H,4-10H2,1-3H3. The van der Waals surface area contributed by atoms with Gasteiger partial charge < -0.3 is 9.32 Å². The first-order valence-electron chi connectivity index (χ1n) is 12.1. The molecule has 0 radical (unpaired) electrons. The van der Waals surface area contributed by atoms with Gasteiger partial charge in [-0.15, -0.1) is 0 Å². The number of nitrogens with zero attached hydrogens (tertiary/aromatic N) is 4. The molecule has 30 heavy (non-hydrogen) atoms. The van der Waals surface area contributed by atoms with Gasteiger partial charge in [0.25, 0.3) is 0 Å². The lowest BCUT2D eigenvalue weighted by Gasteiger charge is -2.42. The maximum absolute atomic E-state index is 5.38. The van der Waals surface area contributed by atoms with E-state index in [9.17, 15) is 0 Å². The normalized spacial score (nSPS) is 23.3. The molecule has 2 aliphatic heterocycles. The SMILES string of the molecule is CC(C)(C)N1CCN(CC2CC2)CC1.CC(C)(C)N1CCN(Cc2ccco2)CC1. The molecule has 1 saturated carbocycles. The zero-order chi connectivity index (χ0) is 21.8. The minimum absolute atomic E-state index is 0.302. The van der Waals surface area contributed by atoms with Crippen LogP contribution in [0.25, 0.3) is 0 Å². The smallest absolute Gasteiger partial charge is 0.117 e. The van der Waals surface area contributed by atoms with Crippen LogP contribution in [0.1, 0.15) is 60.1 Å². The second-order valence-electron chi connectivity index (χ2n) is 11.4. The lowest BCUT2D eigenvalue weighted by atomic mass is 10.0. The van der Waals surface area contributed by atoms with Gasteiger partial charge in [0, 0.05) is 70.0 Å². The second kappa shape index (κ2) is 10.2. The largest absolute Gasteiger partial charge is 0.468 e. The molecule has 172 valence electrons. The number of hydrogen-bond acceptors (Lipinski definition) is 5. The molecule has 4 rings (SSSR count). The van der Waals surface area contributed by atoms with E-state index in [1.54, 1.807) is 6.26 Å². The summed E-state index contributed by atoms with van der Waals surface area (Å²) in [4.78, 5) is 10.3. The second-order valence-corrected chi connectivity index (χ2v) is 11.4. The van der Waals surface area contributed by atoms with E-state index in [-0.39, 0.29) is 0 Å². The Hall–Kier alpha value is -0.880. The van der Waals surface area contributed by atoms with Gasteiger partial charge in [-0.2, -0.15) is 0 Å². The van der Waals surface area contributed by atoms with Crippen molar-refractivity contribution in [2.24, 2.45) is 5.92 Å². The molecule has 0 bridgehead atoms. The molecule has 5 heteroatoms. The molecule has 0 unspecified atom stereocenters. The van der Waals surface area contributed by atoms with Crippen molar-refractivity contribution in [2.45, 2.75) is 72.0 Å². The zero-order valence-electron chi connectivity index (χ0n) is 20.5. The highest BCUT2D eigenvalue weighted by Crippen LogP contribution is 2.30. The summed E-state index contributed by atoms with van der Waals surface area (Å²) in [6.07, 6.45) is 4.72. The van der Waals surface area contributed by atoms with Crippen molar-refractivity contribution in [1.82, 2.24) is 19.6 Å². The van der Waals surface area contributed by atoms with E-state index in [4.69, 9.17) is 4.42 Å². The highest BCUT2D eigenvalue weighted by molar-refractivity contribution is 4.98. The maximum Gasteiger partial charge on any atom is 0.117 e. The lowest BCUT2D eigenvalue weighted by molar-refractivity contribution is 0.0562. The fraction of sp³-hybridized carbons (Fsp3) is 0.840. The van der Waals surface area contributed by atoms with Crippen LogP contribution >= 0.6 is 0 Å². The van der Waals surface area contributed by atoms with Crippen LogP contribution < -0.4 is 0 Å². The summed E-state index contributed by atoms with van der Waals surface area (Å²) in [5.74, 6) is 2.13. The Labute approximate surface area is 185 Å². The van der Waals surface area contributed by atoms with Crippen LogP contribution in [0.5, 0.6) is 0 Å². The summed E-state index contributed by atoms with van der Waals surface area (Å²) in [6, 6.07) is 4.01. The first-order valence-corrected chi connectivity index (χ1v) is 12.1. The molecule has 0 atom stereocenters. The zero-order valence-corrected chi connectivity index (χ0v) is 20.5. The Kier molecular flexibility index (Phi) is 8.05. The Morgan fingerprint density at radius 3 is 1.67 bits per heavy atom. The van der Waals surface area contributed by atoms with E-state index in [0.29, 0.717) is 11.1 Å². The average molecular weight is 419 g/mol. The maximum atomic E-state index is 5.38. The topological polar surface area (TPSA) is 26.1 Å². The van der Waals surface area contributed by atoms with Crippen LogP contribution in [0, 0.1) is 5.92 Å². The third kappa shape index (κ3) is 7.67. The number of hydrogen-bond donors (Lipinski definition) is 0. The highest BCUT2D eigenvalue weighted by atomic mass is 16.3. The summed E-state index contributed by atoms with van der Waals surface area (Å²) in [5, 5.41) is 0. The third-order valence-electron chi connectivity index (χ3n) is 6.81. The van der Waals surface area contributed by atoms with Crippen LogP contribution in [0.2, 0.25) is 0 Å². The minimum Gasteiger partial charge on any atom is -0.468 e. The molecule has 5 nitrogen and oxygen atoms in total. The summed E-state index contributed by atoms with van der Waals surface area (Å²) in [7, 11) is 0. The van der Waals surface area contributed by atoms with E-state index in [1.807, 2.05) is 6.07 Å². The van der Waals surface area contributed by atoms with Gasteiger partial charge in [0.1, 0.15) is 5.76 Å². The quantitative estimate of drug-likeness (QED) is 0.736. The van der Waals surface area contributed by atoms with Crippen molar-refractivity contribution in [2.75, 3.05) is 58.9 Å². The van der Waals surface area contributed by atoms with E-state index < -0.39 is 0 Å². The molecule has 0 spiro atoms. The van der Waals surface area contributed by atoms with Crippen molar-refractivity contribution >= 4 is 0 Å². The van der Waals surface area contributed by atoms with Crippen LogP contribution in [-0.2, 0) is 6.54 Å². The van der Waals surface area contributed by atoms with Gasteiger partial charge in [-0.3, -0.25) is 14.7 Å². The molecule has 3 aliphatic rings. The van der Waals surface area contributed by atoms with E-state index in [0.717, 1.165) is 44.4 Å². The van der Waals surface area contributed by atoms with E-state index in [1.165, 1.54) is 45.6 Å². The molecule has 3 fully saturated rings. The van der Waals surface area contributed by atoms with Gasteiger partial charge >= 0.3 is 0 Å². The monoisotopic (exact) mass is 418 g/mol. The molecule has 1 aromatic rings. The van der Waals surface area contributed by atoms with Crippen molar-refractivity contribution in [3.63, 3.8) is 0 Å². The van der Waals surface area contributed by atoms with Crippen molar-refractivity contribution < 1.29 is 4.42 Å². The first-order chi connectivity index (χ1) is 14.1. The Balaban J connectivity index is 0.000000172.